The highest BCUT2D eigenvalue weighted by atomic mass is 15.1. The first kappa shape index (κ1) is 16.6. The van der Waals surface area contributed by atoms with E-state index in [2.05, 4.69) is 68.8 Å². The summed E-state index contributed by atoms with van der Waals surface area (Å²) in [5.41, 5.74) is 5.37. The van der Waals surface area contributed by atoms with Crippen LogP contribution in [0.1, 0.15) is 36.9 Å². The Balaban J connectivity index is 1.44. The molecule has 1 atom stereocenters. The number of fused-ring (bicyclic) bond motifs is 3. The van der Waals surface area contributed by atoms with Crippen molar-refractivity contribution in [2.45, 2.75) is 38.8 Å². The van der Waals surface area contributed by atoms with E-state index in [9.17, 15) is 0 Å². The van der Waals surface area contributed by atoms with Gasteiger partial charge in [0, 0.05) is 59.2 Å². The normalized spacial score (nSPS) is 18.5. The Kier molecular flexibility index (Phi) is 4.21. The monoisotopic (exact) mass is 358 g/mol. The highest BCUT2D eigenvalue weighted by molar-refractivity contribution is 6.08. The zero-order chi connectivity index (χ0) is 18.2. The van der Waals surface area contributed by atoms with Gasteiger partial charge in [0.25, 0.3) is 0 Å². The molecule has 2 aromatic heterocycles. The van der Waals surface area contributed by atoms with Gasteiger partial charge in [0.2, 0.25) is 0 Å². The highest BCUT2D eigenvalue weighted by Crippen LogP contribution is 2.31. The summed E-state index contributed by atoms with van der Waals surface area (Å²) in [6, 6.07) is 15.8. The minimum Gasteiger partial charge on any atom is -0.348 e. The second-order valence-electron chi connectivity index (χ2n) is 7.69. The van der Waals surface area contributed by atoms with Crippen LogP contribution in [0.4, 0.5) is 0 Å². The molecule has 27 heavy (non-hydrogen) atoms. The lowest BCUT2D eigenvalue weighted by Crippen LogP contribution is -2.34. The predicted octanol–water partition coefficient (Wildman–Crippen LogP) is 4.92. The number of aromatic nitrogens is 3. The summed E-state index contributed by atoms with van der Waals surface area (Å²) in [4.78, 5) is 10.1. The molecule has 2 aromatic carbocycles. The fourth-order valence-electron chi connectivity index (χ4n) is 4.74. The van der Waals surface area contributed by atoms with Crippen molar-refractivity contribution < 1.29 is 0 Å². The molecule has 0 spiro atoms. The Morgan fingerprint density at radius 2 is 2.00 bits per heavy atom. The van der Waals surface area contributed by atoms with E-state index < -0.39 is 0 Å². The van der Waals surface area contributed by atoms with E-state index in [-0.39, 0.29) is 0 Å². The van der Waals surface area contributed by atoms with Crippen molar-refractivity contribution in [3.63, 3.8) is 0 Å². The van der Waals surface area contributed by atoms with Crippen molar-refractivity contribution in [1.82, 2.24) is 19.4 Å². The number of benzene rings is 2. The molecule has 5 rings (SSSR count). The fraction of sp³-hybridized carbons (Fsp3) is 0.348. The number of nitrogens with one attached hydrogen (secondary N) is 1. The number of rotatable bonds is 4. The highest BCUT2D eigenvalue weighted by Gasteiger charge is 2.22. The van der Waals surface area contributed by atoms with Crippen LogP contribution in [0.15, 0.2) is 55.0 Å². The molecule has 0 aliphatic carbocycles. The summed E-state index contributed by atoms with van der Waals surface area (Å²) in [6.45, 7) is 6.53. The van der Waals surface area contributed by atoms with E-state index in [0.717, 1.165) is 19.6 Å². The van der Waals surface area contributed by atoms with Crippen molar-refractivity contribution in [3.8, 4) is 0 Å². The number of piperidine rings is 1. The number of H-pyrrole nitrogens is 1. The van der Waals surface area contributed by atoms with E-state index in [1.807, 2.05) is 6.20 Å². The molecule has 4 aromatic rings. The van der Waals surface area contributed by atoms with Crippen LogP contribution in [0.5, 0.6) is 0 Å². The molecular formula is C23H26N4. The second-order valence-corrected chi connectivity index (χ2v) is 7.69. The number of hydrogen-bond acceptors (Lipinski definition) is 2. The minimum absolute atomic E-state index is 0.576. The van der Waals surface area contributed by atoms with E-state index in [4.69, 9.17) is 0 Å². The maximum atomic E-state index is 4.20. The average molecular weight is 358 g/mol. The third-order valence-electron chi connectivity index (χ3n) is 6.02. The molecule has 0 radical (unpaired) electrons. The Labute approximate surface area is 159 Å². The fourth-order valence-corrected chi connectivity index (χ4v) is 4.74. The summed E-state index contributed by atoms with van der Waals surface area (Å²) in [6.07, 6.45) is 6.29. The van der Waals surface area contributed by atoms with Crippen LogP contribution >= 0.6 is 0 Å². The summed E-state index contributed by atoms with van der Waals surface area (Å²) >= 11 is 0. The maximum Gasteiger partial charge on any atom is 0.0921 e. The van der Waals surface area contributed by atoms with Gasteiger partial charge in [-0.2, -0.15) is 0 Å². The van der Waals surface area contributed by atoms with Gasteiger partial charge in [-0.05, 0) is 50.1 Å². The Hall–Kier alpha value is -2.59. The van der Waals surface area contributed by atoms with Crippen LogP contribution in [0, 0.1) is 0 Å². The zero-order valence-corrected chi connectivity index (χ0v) is 15.9. The molecule has 1 aliphatic heterocycles. The largest absolute Gasteiger partial charge is 0.348 e. The molecule has 4 nitrogen and oxygen atoms in total. The van der Waals surface area contributed by atoms with Crippen molar-refractivity contribution >= 4 is 21.8 Å². The number of hydrogen-bond donors (Lipinski definition) is 1. The van der Waals surface area contributed by atoms with Gasteiger partial charge in [-0.1, -0.05) is 24.3 Å². The number of aryl methyl sites for hydroxylation is 1. The quantitative estimate of drug-likeness (QED) is 0.562. The van der Waals surface area contributed by atoms with Gasteiger partial charge in [-0.15, -0.1) is 0 Å². The van der Waals surface area contributed by atoms with E-state index in [1.54, 1.807) is 6.33 Å². The molecule has 0 saturated carbocycles. The summed E-state index contributed by atoms with van der Waals surface area (Å²) in [7, 11) is 0. The van der Waals surface area contributed by atoms with Crippen LogP contribution in [0.25, 0.3) is 21.8 Å². The lowest BCUT2D eigenvalue weighted by molar-refractivity contribution is 0.199. The molecule has 0 bridgehead atoms. The summed E-state index contributed by atoms with van der Waals surface area (Å²) < 4.78 is 2.42. The van der Waals surface area contributed by atoms with Crippen LogP contribution in [-0.4, -0.2) is 32.5 Å². The average Bonchev–Trinajstić information content (AvgIpc) is 3.34. The van der Waals surface area contributed by atoms with Gasteiger partial charge < -0.3 is 9.55 Å². The maximum absolute atomic E-state index is 4.20. The molecule has 1 unspecified atom stereocenters. The molecule has 1 aliphatic rings. The summed E-state index contributed by atoms with van der Waals surface area (Å²) in [5, 5.41) is 2.75. The lowest BCUT2D eigenvalue weighted by atomic mass is 9.95. The number of likely N-dealkylation sites (tertiary alicyclic amines) is 1. The Morgan fingerprint density at radius 3 is 2.85 bits per heavy atom. The van der Waals surface area contributed by atoms with Crippen LogP contribution in [0.3, 0.4) is 0 Å². The standard InChI is InChI=1S/C23H26N4/c1-2-27-22-8-4-3-7-19(22)20-12-17(9-10-23(20)27)14-26-11-5-6-18(15-26)21-13-24-16-25-21/h3-4,7-10,12-13,16,18H,2,5-6,11,14-15H2,1H3,(H,24,25). The molecule has 3 heterocycles. The van der Waals surface area contributed by atoms with Crippen LogP contribution in [0.2, 0.25) is 0 Å². The van der Waals surface area contributed by atoms with Gasteiger partial charge in [0.15, 0.2) is 0 Å². The van der Waals surface area contributed by atoms with Crippen LogP contribution < -0.4 is 0 Å². The van der Waals surface area contributed by atoms with Crippen molar-refractivity contribution in [1.29, 1.82) is 0 Å². The Bertz CT molecular complexity index is 1060. The van der Waals surface area contributed by atoms with Gasteiger partial charge in [0.05, 0.1) is 6.33 Å². The predicted molar refractivity (Wildman–Crippen MR) is 111 cm³/mol. The van der Waals surface area contributed by atoms with Gasteiger partial charge in [-0.25, -0.2) is 4.98 Å². The Morgan fingerprint density at radius 1 is 1.11 bits per heavy atom. The minimum atomic E-state index is 0.576. The molecule has 4 heteroatoms. The second kappa shape index (κ2) is 6.86. The van der Waals surface area contributed by atoms with Crippen molar-refractivity contribution in [2.24, 2.45) is 0 Å². The smallest absolute Gasteiger partial charge is 0.0921 e. The zero-order valence-electron chi connectivity index (χ0n) is 15.9. The lowest BCUT2D eigenvalue weighted by Gasteiger charge is -2.32. The number of nitrogens with zero attached hydrogens (tertiary/aromatic N) is 3. The van der Waals surface area contributed by atoms with E-state index in [0.29, 0.717) is 5.92 Å². The first-order valence-electron chi connectivity index (χ1n) is 10.0. The SMILES string of the molecule is CCn1c2ccccc2c2cc(CN3CCCC(c4cnc[nH]4)C3)ccc21. The van der Waals surface area contributed by atoms with Crippen LogP contribution in [-0.2, 0) is 13.1 Å². The van der Waals surface area contributed by atoms with Gasteiger partial charge >= 0.3 is 0 Å². The number of aromatic amines is 1. The molecular weight excluding hydrogens is 332 g/mol. The topological polar surface area (TPSA) is 36.9 Å². The summed E-state index contributed by atoms with van der Waals surface area (Å²) in [5.74, 6) is 0.576. The molecule has 138 valence electrons. The third kappa shape index (κ3) is 2.94. The molecule has 0 amide bonds. The third-order valence-corrected chi connectivity index (χ3v) is 6.02. The number of imidazole rings is 1. The first-order valence-corrected chi connectivity index (χ1v) is 10.0. The van der Waals surface area contributed by atoms with Crippen molar-refractivity contribution in [3.05, 3.63) is 66.2 Å². The molecule has 1 fully saturated rings. The van der Waals surface area contributed by atoms with E-state index >= 15 is 0 Å². The first-order chi connectivity index (χ1) is 13.3. The molecule has 1 saturated heterocycles. The van der Waals surface area contributed by atoms with E-state index in [1.165, 1.54) is 52.4 Å². The number of para-hydroxylation sites is 1. The van der Waals surface area contributed by atoms with Gasteiger partial charge in [0.1, 0.15) is 0 Å². The van der Waals surface area contributed by atoms with Crippen molar-refractivity contribution in [2.75, 3.05) is 13.1 Å². The molecule has 1 N–H and O–H groups in total. The van der Waals surface area contributed by atoms with Gasteiger partial charge in [-0.3, -0.25) is 4.90 Å².